The van der Waals surface area contributed by atoms with Gasteiger partial charge in [-0.2, -0.15) is 0 Å². The molecule has 3 nitrogen and oxygen atoms in total. The zero-order valence-corrected chi connectivity index (χ0v) is 15.1. The van der Waals surface area contributed by atoms with Gasteiger partial charge in [-0.3, -0.25) is 4.79 Å². The summed E-state index contributed by atoms with van der Waals surface area (Å²) in [5.74, 6) is 0.458. The van der Waals surface area contributed by atoms with Crippen molar-refractivity contribution in [3.05, 3.63) is 35.2 Å². The summed E-state index contributed by atoms with van der Waals surface area (Å²) in [6.07, 6.45) is 6.91. The van der Waals surface area contributed by atoms with Gasteiger partial charge >= 0.3 is 0 Å². The number of amides is 1. The normalized spacial score (nSPS) is 32.0. The van der Waals surface area contributed by atoms with Crippen LogP contribution in [0.5, 0.6) is 0 Å². The van der Waals surface area contributed by atoms with Crippen molar-refractivity contribution in [3.8, 4) is 11.3 Å². The average Bonchev–Trinajstić information content (AvgIpc) is 3.04. The third-order valence-electron chi connectivity index (χ3n) is 6.46. The summed E-state index contributed by atoms with van der Waals surface area (Å²) in [6.45, 7) is 0. The Morgan fingerprint density at radius 1 is 1.08 bits per heavy atom. The second-order valence-corrected chi connectivity index (χ2v) is 9.18. The lowest BCUT2D eigenvalue weighted by atomic mass is 9.49. The van der Waals surface area contributed by atoms with Crippen molar-refractivity contribution in [1.82, 2.24) is 4.98 Å². The Kier molecular flexibility index (Phi) is 3.68. The number of thiazole rings is 1. The van der Waals surface area contributed by atoms with Gasteiger partial charge in [0.2, 0.25) is 5.91 Å². The van der Waals surface area contributed by atoms with E-state index in [-0.39, 0.29) is 11.3 Å². The summed E-state index contributed by atoms with van der Waals surface area (Å²) >= 11 is 1.33. The fourth-order valence-corrected chi connectivity index (χ4v) is 6.45. The highest BCUT2D eigenvalue weighted by Gasteiger charge is 2.54. The van der Waals surface area contributed by atoms with Crippen molar-refractivity contribution in [1.29, 1.82) is 0 Å². The number of hydrogen-bond acceptors (Lipinski definition) is 3. The Morgan fingerprint density at radius 2 is 1.73 bits per heavy atom. The van der Waals surface area contributed by atoms with E-state index in [0.29, 0.717) is 34.1 Å². The number of rotatable bonds is 3. The van der Waals surface area contributed by atoms with Gasteiger partial charge in [-0.15, -0.1) is 11.3 Å². The molecule has 0 aliphatic heterocycles. The number of nitrogens with one attached hydrogen (secondary N) is 1. The van der Waals surface area contributed by atoms with E-state index in [9.17, 15) is 13.6 Å². The van der Waals surface area contributed by atoms with Crippen molar-refractivity contribution < 1.29 is 13.6 Å². The van der Waals surface area contributed by atoms with Crippen LogP contribution < -0.4 is 5.32 Å². The minimum Gasteiger partial charge on any atom is -0.301 e. The van der Waals surface area contributed by atoms with Crippen LogP contribution in [0.2, 0.25) is 0 Å². The lowest BCUT2D eigenvalue weighted by Crippen LogP contribution is -2.51. The molecule has 4 bridgehead atoms. The SMILES string of the molecule is O=C(Nc1nc(-c2ccc(F)c(F)c2)cs1)C12CC3CC(CC(C3)C1)C2. The van der Waals surface area contributed by atoms with E-state index in [1.54, 1.807) is 5.38 Å². The van der Waals surface area contributed by atoms with E-state index in [0.717, 1.165) is 31.4 Å². The molecule has 1 heterocycles. The van der Waals surface area contributed by atoms with Crippen LogP contribution in [0.3, 0.4) is 0 Å². The number of benzene rings is 1. The number of halogens is 2. The van der Waals surface area contributed by atoms with Gasteiger partial charge in [0.15, 0.2) is 16.8 Å². The highest BCUT2D eigenvalue weighted by Crippen LogP contribution is 2.60. The number of carbonyl (C=O) groups excluding carboxylic acids is 1. The Balaban J connectivity index is 1.35. The fraction of sp³-hybridized carbons (Fsp3) is 0.500. The molecule has 1 N–H and O–H groups in total. The highest BCUT2D eigenvalue weighted by molar-refractivity contribution is 7.14. The summed E-state index contributed by atoms with van der Waals surface area (Å²) in [7, 11) is 0. The minimum atomic E-state index is -0.894. The molecule has 4 saturated carbocycles. The summed E-state index contributed by atoms with van der Waals surface area (Å²) in [5, 5.41) is 5.31. The van der Waals surface area contributed by atoms with E-state index in [2.05, 4.69) is 10.3 Å². The number of hydrogen-bond donors (Lipinski definition) is 1. The molecule has 2 aromatic rings. The van der Waals surface area contributed by atoms with Gasteiger partial charge in [0, 0.05) is 10.9 Å². The first-order valence-corrected chi connectivity index (χ1v) is 10.1. The standard InChI is InChI=1S/C20H20F2N2OS/c21-15-2-1-14(6-16(15)22)17-10-26-19(23-17)24-18(25)20-7-11-3-12(8-20)5-13(4-11)9-20/h1-2,6,10-13H,3-5,7-9H2,(H,23,24,25). The molecule has 4 aliphatic carbocycles. The van der Waals surface area contributed by atoms with Crippen molar-refractivity contribution in [3.63, 3.8) is 0 Å². The molecule has 0 saturated heterocycles. The van der Waals surface area contributed by atoms with Crippen LogP contribution >= 0.6 is 11.3 Å². The first kappa shape index (κ1) is 16.4. The molecule has 0 spiro atoms. The van der Waals surface area contributed by atoms with Gasteiger partial charge in [0.25, 0.3) is 0 Å². The molecule has 1 amide bonds. The maximum Gasteiger partial charge on any atom is 0.232 e. The molecular formula is C20H20F2N2OS. The van der Waals surface area contributed by atoms with Crippen LogP contribution in [-0.4, -0.2) is 10.9 Å². The quantitative estimate of drug-likeness (QED) is 0.798. The van der Waals surface area contributed by atoms with Crippen LogP contribution in [0, 0.1) is 34.8 Å². The predicted octanol–water partition coefficient (Wildman–Crippen LogP) is 5.24. The van der Waals surface area contributed by atoms with Gasteiger partial charge in [-0.25, -0.2) is 13.8 Å². The second kappa shape index (κ2) is 5.84. The van der Waals surface area contributed by atoms with Crippen molar-refractivity contribution in [2.24, 2.45) is 23.2 Å². The molecule has 26 heavy (non-hydrogen) atoms. The maximum atomic E-state index is 13.4. The summed E-state index contributed by atoms with van der Waals surface area (Å²) in [6, 6.07) is 3.73. The Labute approximate surface area is 154 Å². The molecule has 4 aliphatic rings. The fourth-order valence-electron chi connectivity index (χ4n) is 5.74. The van der Waals surface area contributed by atoms with E-state index >= 15 is 0 Å². The third-order valence-corrected chi connectivity index (χ3v) is 7.22. The van der Waals surface area contributed by atoms with Gasteiger partial charge in [0.1, 0.15) is 0 Å². The maximum absolute atomic E-state index is 13.4. The van der Waals surface area contributed by atoms with Gasteiger partial charge in [-0.05, 0) is 74.5 Å². The molecule has 4 fully saturated rings. The van der Waals surface area contributed by atoms with Crippen molar-refractivity contribution in [2.45, 2.75) is 38.5 Å². The molecule has 0 atom stereocenters. The lowest BCUT2D eigenvalue weighted by Gasteiger charge is -2.55. The smallest absolute Gasteiger partial charge is 0.232 e. The van der Waals surface area contributed by atoms with Crippen LogP contribution in [0.1, 0.15) is 38.5 Å². The molecule has 136 valence electrons. The molecule has 0 unspecified atom stereocenters. The van der Waals surface area contributed by atoms with E-state index in [1.807, 2.05) is 0 Å². The number of anilines is 1. The van der Waals surface area contributed by atoms with Crippen molar-refractivity contribution >= 4 is 22.4 Å². The number of nitrogens with zero attached hydrogens (tertiary/aromatic N) is 1. The monoisotopic (exact) mass is 374 g/mol. The zero-order valence-electron chi connectivity index (χ0n) is 14.3. The summed E-state index contributed by atoms with van der Waals surface area (Å²) in [4.78, 5) is 17.5. The Morgan fingerprint density at radius 3 is 2.35 bits per heavy atom. The number of aromatic nitrogens is 1. The van der Waals surface area contributed by atoms with Crippen LogP contribution in [0.15, 0.2) is 23.6 Å². The van der Waals surface area contributed by atoms with Gasteiger partial charge < -0.3 is 5.32 Å². The minimum absolute atomic E-state index is 0.0998. The average molecular weight is 374 g/mol. The van der Waals surface area contributed by atoms with E-state index < -0.39 is 11.6 Å². The van der Waals surface area contributed by atoms with Gasteiger partial charge in [-0.1, -0.05) is 0 Å². The first-order chi connectivity index (χ1) is 12.5. The lowest BCUT2D eigenvalue weighted by molar-refractivity contribution is -0.140. The van der Waals surface area contributed by atoms with Crippen LogP contribution in [-0.2, 0) is 4.79 Å². The largest absolute Gasteiger partial charge is 0.301 e. The van der Waals surface area contributed by atoms with E-state index in [4.69, 9.17) is 0 Å². The molecular weight excluding hydrogens is 354 g/mol. The van der Waals surface area contributed by atoms with Gasteiger partial charge in [0.05, 0.1) is 11.1 Å². The molecule has 6 rings (SSSR count). The molecule has 1 aromatic carbocycles. The number of carbonyl (C=O) groups is 1. The molecule has 1 aromatic heterocycles. The summed E-state index contributed by atoms with van der Waals surface area (Å²) in [5.41, 5.74) is 0.841. The van der Waals surface area contributed by atoms with Crippen LogP contribution in [0.4, 0.5) is 13.9 Å². The van der Waals surface area contributed by atoms with E-state index in [1.165, 1.54) is 36.7 Å². The second-order valence-electron chi connectivity index (χ2n) is 8.32. The van der Waals surface area contributed by atoms with Crippen molar-refractivity contribution in [2.75, 3.05) is 5.32 Å². The molecule has 0 radical (unpaired) electrons. The first-order valence-electron chi connectivity index (χ1n) is 9.23. The predicted molar refractivity (Wildman–Crippen MR) is 96.7 cm³/mol. The molecule has 6 heteroatoms. The Bertz CT molecular complexity index is 843. The zero-order chi connectivity index (χ0) is 17.9. The van der Waals surface area contributed by atoms with Crippen LogP contribution in [0.25, 0.3) is 11.3 Å². The summed E-state index contributed by atoms with van der Waals surface area (Å²) < 4.78 is 26.5. The third kappa shape index (κ3) is 2.66. The highest BCUT2D eigenvalue weighted by atomic mass is 32.1. The topological polar surface area (TPSA) is 42.0 Å². The Hall–Kier alpha value is -1.82.